The first kappa shape index (κ1) is 36.5. The molecule has 2 N–H and O–H groups in total. The lowest BCUT2D eigenvalue weighted by Crippen LogP contribution is -2.10. The molecule has 0 heterocycles. The second-order valence-electron chi connectivity index (χ2n) is 10.7. The van der Waals surface area contributed by atoms with Crippen molar-refractivity contribution in [2.45, 2.75) is 20.8 Å². The highest BCUT2D eigenvalue weighted by molar-refractivity contribution is 5.81. The number of nitrogens with zero attached hydrogens (tertiary/aromatic N) is 4. The van der Waals surface area contributed by atoms with Crippen molar-refractivity contribution in [3.05, 3.63) is 121 Å². The Hall–Kier alpha value is -6.37. The molecule has 0 saturated carbocycles. The van der Waals surface area contributed by atoms with Gasteiger partial charge >= 0.3 is 11.9 Å². The van der Waals surface area contributed by atoms with Crippen LogP contribution in [0, 0.1) is 26.6 Å². The largest absolute Gasteiger partial charge is 0.490 e. The van der Waals surface area contributed by atoms with Crippen molar-refractivity contribution in [3.8, 4) is 11.5 Å². The van der Waals surface area contributed by atoms with Crippen LogP contribution >= 0.6 is 0 Å². The highest BCUT2D eigenvalue weighted by Gasteiger charge is 2.07. The average Bonchev–Trinajstić information content (AvgIpc) is 3.11. The Kier molecular flexibility index (Phi) is 13.3. The Morgan fingerprint density at radius 2 is 1.00 bits per heavy atom. The summed E-state index contributed by atoms with van der Waals surface area (Å²) < 4.78 is 36.0. The molecule has 0 radical (unpaired) electrons. The topological polar surface area (TPSA) is 145 Å². The summed E-state index contributed by atoms with van der Waals surface area (Å²) in [5.74, 6) is -0.249. The lowest BCUT2D eigenvalue weighted by Gasteiger charge is -2.13. The molecule has 13 heteroatoms. The number of hydrogen-bond donors (Lipinski definition) is 2. The molecule has 4 aromatic rings. The van der Waals surface area contributed by atoms with Gasteiger partial charge in [0.25, 0.3) is 0 Å². The second kappa shape index (κ2) is 18.2. The highest BCUT2D eigenvalue weighted by Crippen LogP contribution is 2.29. The fourth-order valence-electron chi connectivity index (χ4n) is 4.30. The lowest BCUT2D eigenvalue weighted by atomic mass is 10.2. The molecule has 0 atom stereocenters. The smallest absolute Gasteiger partial charge is 0.330 e. The number of benzene rings is 4. The molecule has 4 rings (SSSR count). The standard InChI is InChI=1S/C37H37FN6O6/c1-6-36(45)49-18-16-47-34-14-10-28(21-25(34)4)40-39-27-8-12-32(24(3)20-27)43-44-33-13-9-30(23-31(33)38)42-41-29-11-15-35(26(5)22-29)48-17-19-50-37(46)7-2/h6-15,20-23,43-44H,1-2,16-19H2,3-5H3/b40-39+,42-41+. The van der Waals surface area contributed by atoms with Crippen LogP contribution in [-0.4, -0.2) is 38.4 Å². The molecular weight excluding hydrogens is 643 g/mol. The highest BCUT2D eigenvalue weighted by atomic mass is 19.1. The first-order valence-electron chi connectivity index (χ1n) is 15.5. The van der Waals surface area contributed by atoms with Gasteiger partial charge in [-0.25, -0.2) is 14.0 Å². The molecule has 0 aliphatic heterocycles. The van der Waals surface area contributed by atoms with Gasteiger partial charge in [-0.15, -0.1) is 0 Å². The van der Waals surface area contributed by atoms with Gasteiger partial charge in [-0.3, -0.25) is 5.43 Å². The number of azo groups is 2. The van der Waals surface area contributed by atoms with E-state index in [2.05, 4.69) is 44.5 Å². The van der Waals surface area contributed by atoms with Gasteiger partial charge < -0.3 is 24.4 Å². The number of hydrogen-bond acceptors (Lipinski definition) is 12. The summed E-state index contributed by atoms with van der Waals surface area (Å²) in [6, 6.07) is 20.6. The molecule has 4 aromatic carbocycles. The minimum Gasteiger partial charge on any atom is -0.490 e. The van der Waals surface area contributed by atoms with Crippen LogP contribution in [0.15, 0.2) is 119 Å². The van der Waals surface area contributed by atoms with Crippen LogP contribution in [0.5, 0.6) is 11.5 Å². The molecule has 12 nitrogen and oxygen atoms in total. The van der Waals surface area contributed by atoms with E-state index < -0.39 is 17.8 Å². The average molecular weight is 681 g/mol. The van der Waals surface area contributed by atoms with Crippen molar-refractivity contribution >= 4 is 46.1 Å². The first-order valence-corrected chi connectivity index (χ1v) is 15.5. The maximum Gasteiger partial charge on any atom is 0.330 e. The van der Waals surface area contributed by atoms with E-state index in [0.29, 0.717) is 34.2 Å². The number of anilines is 2. The molecule has 0 saturated heterocycles. The van der Waals surface area contributed by atoms with Gasteiger partial charge in [0.1, 0.15) is 43.7 Å². The van der Waals surface area contributed by atoms with Crippen LogP contribution in [0.2, 0.25) is 0 Å². The van der Waals surface area contributed by atoms with E-state index in [1.54, 1.807) is 48.5 Å². The minimum atomic E-state index is -0.517. The summed E-state index contributed by atoms with van der Waals surface area (Å²) in [6.07, 6.45) is 2.19. The molecule has 0 unspecified atom stereocenters. The fourth-order valence-corrected chi connectivity index (χ4v) is 4.30. The molecule has 0 amide bonds. The molecule has 0 fully saturated rings. The molecular formula is C37H37FN6O6. The second-order valence-corrected chi connectivity index (χ2v) is 10.7. The van der Waals surface area contributed by atoms with E-state index >= 15 is 0 Å². The van der Waals surface area contributed by atoms with E-state index in [9.17, 15) is 14.0 Å². The van der Waals surface area contributed by atoms with Crippen LogP contribution in [-0.2, 0) is 19.1 Å². The molecule has 0 spiro atoms. The Morgan fingerprint density at radius 1 is 0.600 bits per heavy atom. The van der Waals surface area contributed by atoms with Crippen molar-refractivity contribution in [1.29, 1.82) is 0 Å². The Labute approximate surface area is 289 Å². The van der Waals surface area contributed by atoms with E-state index in [1.165, 1.54) is 6.07 Å². The number of halogens is 1. The van der Waals surface area contributed by atoms with Gasteiger partial charge in [0.05, 0.1) is 34.1 Å². The first-order chi connectivity index (χ1) is 24.1. The Balaban J connectivity index is 1.27. The Bertz CT molecular complexity index is 1770. The van der Waals surface area contributed by atoms with Crippen molar-refractivity contribution in [1.82, 2.24) is 0 Å². The molecule has 0 aliphatic rings. The molecule has 258 valence electrons. The third-order valence-corrected chi connectivity index (χ3v) is 6.88. The van der Waals surface area contributed by atoms with Crippen molar-refractivity contribution < 1.29 is 32.9 Å². The number of carbonyl (C=O) groups is 2. The maximum absolute atomic E-state index is 14.9. The molecule has 0 bridgehead atoms. The molecule has 0 aliphatic carbocycles. The van der Waals surface area contributed by atoms with Gasteiger partial charge in [0.2, 0.25) is 0 Å². The van der Waals surface area contributed by atoms with Gasteiger partial charge in [0, 0.05) is 18.2 Å². The summed E-state index contributed by atoms with van der Waals surface area (Å²) >= 11 is 0. The molecule has 50 heavy (non-hydrogen) atoms. The van der Waals surface area contributed by atoms with E-state index in [4.69, 9.17) is 18.9 Å². The summed E-state index contributed by atoms with van der Waals surface area (Å²) in [7, 11) is 0. The lowest BCUT2D eigenvalue weighted by molar-refractivity contribution is -0.139. The van der Waals surface area contributed by atoms with Crippen LogP contribution in [0.3, 0.4) is 0 Å². The van der Waals surface area contributed by atoms with Crippen molar-refractivity contribution in [3.63, 3.8) is 0 Å². The van der Waals surface area contributed by atoms with Crippen molar-refractivity contribution in [2.75, 3.05) is 37.3 Å². The molecule has 0 aromatic heterocycles. The van der Waals surface area contributed by atoms with Crippen LogP contribution in [0.25, 0.3) is 0 Å². The summed E-state index contributed by atoms with van der Waals surface area (Å²) in [4.78, 5) is 22.2. The zero-order valence-corrected chi connectivity index (χ0v) is 27.9. The fraction of sp³-hybridized carbons (Fsp3) is 0.189. The van der Waals surface area contributed by atoms with E-state index in [0.717, 1.165) is 34.5 Å². The van der Waals surface area contributed by atoms with Crippen LogP contribution in [0.4, 0.5) is 38.5 Å². The minimum absolute atomic E-state index is 0.104. The third-order valence-electron chi connectivity index (χ3n) is 6.88. The quantitative estimate of drug-likeness (QED) is 0.0369. The van der Waals surface area contributed by atoms with E-state index in [1.807, 2.05) is 39.0 Å². The number of hydrazine groups is 1. The zero-order chi connectivity index (χ0) is 35.9. The monoisotopic (exact) mass is 680 g/mol. The van der Waals surface area contributed by atoms with Gasteiger partial charge in [-0.2, -0.15) is 20.5 Å². The van der Waals surface area contributed by atoms with Gasteiger partial charge in [-0.1, -0.05) is 13.2 Å². The number of nitrogens with one attached hydrogen (secondary N) is 2. The third kappa shape index (κ3) is 11.1. The predicted octanol–water partition coefficient (Wildman–Crippen LogP) is 9.24. The number of rotatable bonds is 17. The van der Waals surface area contributed by atoms with E-state index in [-0.39, 0.29) is 32.1 Å². The summed E-state index contributed by atoms with van der Waals surface area (Å²) in [5.41, 5.74) is 11.6. The number of carbonyl (C=O) groups excluding carboxylic acids is 2. The Morgan fingerprint density at radius 3 is 1.42 bits per heavy atom. The summed E-state index contributed by atoms with van der Waals surface area (Å²) in [6.45, 7) is 13.0. The maximum atomic E-state index is 14.9. The van der Waals surface area contributed by atoms with Crippen molar-refractivity contribution in [2.24, 2.45) is 20.5 Å². The van der Waals surface area contributed by atoms with Gasteiger partial charge in [-0.05, 0) is 104 Å². The van der Waals surface area contributed by atoms with Crippen LogP contribution in [0.1, 0.15) is 16.7 Å². The normalized spacial score (nSPS) is 10.9. The predicted molar refractivity (Wildman–Crippen MR) is 189 cm³/mol. The number of esters is 2. The SMILES string of the molecule is C=CC(=O)OCCOc1ccc(/N=N/c2ccc(NNc3ccc(/N=N/c4ccc(OCCOC(=O)C=C)c(C)c4)cc3F)c(C)c2)cc1C. The summed E-state index contributed by atoms with van der Waals surface area (Å²) in [5, 5.41) is 17.0. The zero-order valence-electron chi connectivity index (χ0n) is 27.9. The van der Waals surface area contributed by atoms with Crippen LogP contribution < -0.4 is 20.3 Å². The number of ether oxygens (including phenoxy) is 4. The van der Waals surface area contributed by atoms with Gasteiger partial charge in [0.15, 0.2) is 0 Å². The number of aryl methyl sites for hydroxylation is 3.